The molecular weight excluding hydrogens is 344 g/mol. The lowest BCUT2D eigenvalue weighted by Crippen LogP contribution is -1.88. The highest BCUT2D eigenvalue weighted by molar-refractivity contribution is 5.06. The average molecular weight is 389 g/mol. The van der Waals surface area contributed by atoms with Crippen LogP contribution in [0.25, 0.3) is 0 Å². The van der Waals surface area contributed by atoms with Crippen molar-refractivity contribution in [2.45, 2.75) is 86.0 Å². The van der Waals surface area contributed by atoms with Crippen molar-refractivity contribution in [1.82, 2.24) is 9.97 Å². The first-order valence-corrected chi connectivity index (χ1v) is 10.9. The Morgan fingerprint density at radius 2 is 1.36 bits per heavy atom. The minimum atomic E-state index is 0.547. The highest BCUT2D eigenvalue weighted by atomic mass is 16.5. The van der Waals surface area contributed by atoms with Crippen LogP contribution < -0.4 is 0 Å². The monoisotopic (exact) mass is 388 g/mol. The molecule has 0 aliphatic carbocycles. The lowest BCUT2D eigenvalue weighted by molar-refractivity contribution is 0.199. The van der Waals surface area contributed by atoms with Gasteiger partial charge in [-0.25, -0.2) is 0 Å². The number of pyridine rings is 2. The van der Waals surface area contributed by atoms with E-state index in [0.717, 1.165) is 30.8 Å². The Hall–Kier alpha value is -1.74. The van der Waals surface area contributed by atoms with Gasteiger partial charge in [-0.05, 0) is 43.0 Å². The molecule has 0 fully saturated rings. The summed E-state index contributed by atoms with van der Waals surface area (Å²) in [5.41, 5.74) is 2.32. The van der Waals surface area contributed by atoms with Crippen LogP contribution in [-0.4, -0.2) is 23.7 Å². The van der Waals surface area contributed by atoms with E-state index in [1.54, 1.807) is 7.11 Å². The van der Waals surface area contributed by atoms with Gasteiger partial charge in [0.1, 0.15) is 0 Å². The molecule has 0 radical (unpaired) electrons. The maximum atomic E-state index is 4.69. The van der Waals surface area contributed by atoms with E-state index in [1.165, 1.54) is 25.7 Å². The van der Waals surface area contributed by atoms with Crippen LogP contribution >= 0.6 is 0 Å². The molecule has 0 saturated carbocycles. The van der Waals surface area contributed by atoms with E-state index in [2.05, 4.69) is 51.5 Å². The first-order chi connectivity index (χ1) is 13.6. The fourth-order valence-corrected chi connectivity index (χ4v) is 2.03. The first kappa shape index (κ1) is 28.5. The molecule has 0 aliphatic heterocycles. The summed E-state index contributed by atoms with van der Waals surface area (Å²) in [5.74, 6) is 0.547. The van der Waals surface area contributed by atoms with Crippen LogP contribution in [0.3, 0.4) is 0 Å². The number of methoxy groups -OCH3 is 1. The first-order valence-electron chi connectivity index (χ1n) is 10.9. The number of nitrogens with zero attached hydrogens (tertiary/aromatic N) is 2. The van der Waals surface area contributed by atoms with Gasteiger partial charge in [-0.2, -0.15) is 0 Å². The van der Waals surface area contributed by atoms with E-state index in [0.29, 0.717) is 5.92 Å². The number of hydrogen-bond donors (Lipinski definition) is 0. The van der Waals surface area contributed by atoms with Crippen LogP contribution in [0.4, 0.5) is 0 Å². The molecule has 3 nitrogen and oxygen atoms in total. The lowest BCUT2D eigenvalue weighted by atomic mass is 10.1. The van der Waals surface area contributed by atoms with Crippen LogP contribution in [0.2, 0.25) is 0 Å². The Kier molecular flexibility index (Phi) is 23.7. The molecule has 2 aromatic rings. The number of unbranched alkanes of at least 4 members (excludes halogenated alkanes) is 3. The van der Waals surface area contributed by atoms with Gasteiger partial charge in [0, 0.05) is 37.5 Å². The average Bonchev–Trinajstić information content (AvgIpc) is 2.75. The van der Waals surface area contributed by atoms with E-state index in [-0.39, 0.29) is 0 Å². The van der Waals surface area contributed by atoms with E-state index in [9.17, 15) is 0 Å². The van der Waals surface area contributed by atoms with Crippen LogP contribution in [0.15, 0.2) is 48.8 Å². The third-order valence-corrected chi connectivity index (χ3v) is 3.73. The van der Waals surface area contributed by atoms with Crippen LogP contribution in [-0.2, 0) is 11.2 Å². The Labute approximate surface area is 175 Å². The smallest absolute Gasteiger partial charge is 0.0459 e. The molecule has 0 atom stereocenters. The van der Waals surface area contributed by atoms with Crippen molar-refractivity contribution in [3.63, 3.8) is 0 Å². The van der Waals surface area contributed by atoms with E-state index in [1.807, 2.05) is 48.8 Å². The van der Waals surface area contributed by atoms with E-state index >= 15 is 0 Å². The molecule has 0 aliphatic rings. The molecule has 2 rings (SSSR count). The van der Waals surface area contributed by atoms with Crippen molar-refractivity contribution in [3.05, 3.63) is 60.2 Å². The number of hydrogen-bond acceptors (Lipinski definition) is 3. The summed E-state index contributed by atoms with van der Waals surface area (Å²) in [6, 6.07) is 12.0. The van der Waals surface area contributed by atoms with Crippen molar-refractivity contribution in [2.75, 3.05) is 13.7 Å². The van der Waals surface area contributed by atoms with Gasteiger partial charge in [-0.1, -0.05) is 79.4 Å². The maximum Gasteiger partial charge on any atom is 0.0459 e. The molecule has 0 saturated heterocycles. The minimum absolute atomic E-state index is 0.547. The Morgan fingerprint density at radius 1 is 0.786 bits per heavy atom. The largest absolute Gasteiger partial charge is 0.385 e. The zero-order chi connectivity index (χ0) is 21.5. The molecule has 0 spiro atoms. The molecule has 3 heteroatoms. The SMILES string of the molecule is CC(C)c1ccccn1.CCCCCC.CCCOC.CCc1ccccn1. The second-order valence-corrected chi connectivity index (χ2v) is 6.78. The molecule has 28 heavy (non-hydrogen) atoms. The zero-order valence-electron chi connectivity index (χ0n) is 19.4. The van der Waals surface area contributed by atoms with Gasteiger partial charge in [0.2, 0.25) is 0 Å². The third-order valence-electron chi connectivity index (χ3n) is 3.73. The standard InChI is InChI=1S/C8H11N.C7H9N.C6H14.C4H10O/c1-7(2)8-5-3-4-6-9-8;1-2-7-5-3-4-6-8-7;1-3-5-6-4-2;1-3-4-5-2/h3-7H,1-2H3;3-6H,2H2,1H3;3-6H2,1-2H3;3-4H2,1-2H3. The fraction of sp³-hybridized carbons (Fsp3) is 0.600. The summed E-state index contributed by atoms with van der Waals surface area (Å²) < 4.78 is 4.69. The zero-order valence-corrected chi connectivity index (χ0v) is 19.4. The predicted molar refractivity (Wildman–Crippen MR) is 124 cm³/mol. The quantitative estimate of drug-likeness (QED) is 0.461. The lowest BCUT2D eigenvalue weighted by Gasteiger charge is -2.00. The van der Waals surface area contributed by atoms with E-state index in [4.69, 9.17) is 4.74 Å². The van der Waals surface area contributed by atoms with Gasteiger partial charge in [-0.3, -0.25) is 9.97 Å². The minimum Gasteiger partial charge on any atom is -0.385 e. The molecular formula is C25H44N2O. The van der Waals surface area contributed by atoms with Gasteiger partial charge < -0.3 is 4.74 Å². The number of aryl methyl sites for hydroxylation is 1. The number of ether oxygens (including phenoxy) is 1. The van der Waals surface area contributed by atoms with E-state index < -0.39 is 0 Å². The third kappa shape index (κ3) is 20.6. The second-order valence-electron chi connectivity index (χ2n) is 6.78. The van der Waals surface area contributed by atoms with Gasteiger partial charge in [-0.15, -0.1) is 0 Å². The number of rotatable bonds is 7. The van der Waals surface area contributed by atoms with Gasteiger partial charge in [0.25, 0.3) is 0 Å². The molecule has 2 aromatic heterocycles. The molecule has 0 bridgehead atoms. The fourth-order valence-electron chi connectivity index (χ4n) is 2.03. The molecule has 0 aromatic carbocycles. The molecule has 160 valence electrons. The summed E-state index contributed by atoms with van der Waals surface area (Å²) in [6.07, 6.45) is 11.3. The van der Waals surface area contributed by atoms with Crippen molar-refractivity contribution < 1.29 is 4.74 Å². The van der Waals surface area contributed by atoms with Crippen molar-refractivity contribution in [1.29, 1.82) is 0 Å². The van der Waals surface area contributed by atoms with Crippen LogP contribution in [0.1, 0.15) is 91.0 Å². The molecule has 2 heterocycles. The Balaban J connectivity index is 0. The Bertz CT molecular complexity index is 494. The number of aromatic nitrogens is 2. The van der Waals surface area contributed by atoms with Crippen molar-refractivity contribution >= 4 is 0 Å². The molecule has 0 unspecified atom stereocenters. The van der Waals surface area contributed by atoms with Crippen molar-refractivity contribution in [3.8, 4) is 0 Å². The summed E-state index contributed by atoms with van der Waals surface area (Å²) in [5, 5.41) is 0. The van der Waals surface area contributed by atoms with Crippen LogP contribution in [0.5, 0.6) is 0 Å². The summed E-state index contributed by atoms with van der Waals surface area (Å²) in [6.45, 7) is 13.8. The van der Waals surface area contributed by atoms with Gasteiger partial charge in [0.05, 0.1) is 0 Å². The molecule has 0 amide bonds. The second kappa shape index (κ2) is 23.3. The predicted octanol–water partition coefficient (Wildman–Crippen LogP) is 7.48. The van der Waals surface area contributed by atoms with Gasteiger partial charge >= 0.3 is 0 Å². The highest BCUT2D eigenvalue weighted by Gasteiger charge is 1.95. The van der Waals surface area contributed by atoms with Crippen molar-refractivity contribution in [2.24, 2.45) is 0 Å². The summed E-state index contributed by atoms with van der Waals surface area (Å²) >= 11 is 0. The topological polar surface area (TPSA) is 35.0 Å². The van der Waals surface area contributed by atoms with Crippen LogP contribution in [0, 0.1) is 0 Å². The summed E-state index contributed by atoms with van der Waals surface area (Å²) in [7, 11) is 1.71. The Morgan fingerprint density at radius 3 is 1.57 bits per heavy atom. The highest BCUT2D eigenvalue weighted by Crippen LogP contribution is 2.08. The molecule has 0 N–H and O–H groups in total. The summed E-state index contributed by atoms with van der Waals surface area (Å²) in [4.78, 5) is 8.28. The van der Waals surface area contributed by atoms with Gasteiger partial charge in [0.15, 0.2) is 0 Å². The normalized spacial score (nSPS) is 9.29. The maximum absolute atomic E-state index is 4.69.